The Kier molecular flexibility index (Phi) is 3.91. The Bertz CT molecular complexity index is 621. The van der Waals surface area contributed by atoms with Crippen molar-refractivity contribution in [3.63, 3.8) is 0 Å². The van der Waals surface area contributed by atoms with Crippen molar-refractivity contribution in [1.29, 1.82) is 0 Å². The summed E-state index contributed by atoms with van der Waals surface area (Å²) >= 11 is 0. The highest BCUT2D eigenvalue weighted by molar-refractivity contribution is 6.44. The van der Waals surface area contributed by atoms with Gasteiger partial charge in [-0.25, -0.2) is 4.39 Å². The van der Waals surface area contributed by atoms with E-state index in [9.17, 15) is 14.0 Å². The van der Waals surface area contributed by atoms with Gasteiger partial charge in [0.05, 0.1) is 12.2 Å². The lowest BCUT2D eigenvalue weighted by atomic mass is 10.1. The van der Waals surface area contributed by atoms with Crippen LogP contribution in [0.4, 0.5) is 4.39 Å². The molecule has 0 aliphatic carbocycles. The summed E-state index contributed by atoms with van der Waals surface area (Å²) in [6.45, 7) is 0.593. The molecule has 0 atom stereocenters. The number of carbonyl (C=O) groups excluding carboxylic acids is 2. The molecule has 1 amide bonds. The fourth-order valence-corrected chi connectivity index (χ4v) is 1.76. The van der Waals surface area contributed by atoms with Crippen LogP contribution in [-0.2, 0) is 9.53 Å². The van der Waals surface area contributed by atoms with E-state index in [4.69, 9.17) is 4.74 Å². The molecule has 1 aromatic heterocycles. The zero-order chi connectivity index (χ0) is 13.8. The molecule has 100 valence electrons. The number of Topliss-reactive ketones (excluding diaryl/α,β-unsaturated/α-hetero) is 1. The molecule has 0 saturated carbocycles. The summed E-state index contributed by atoms with van der Waals surface area (Å²) in [7, 11) is 1.50. The average Bonchev–Trinajstić information content (AvgIpc) is 2.80. The number of methoxy groups -OCH3 is 1. The number of fused-ring (bicyclic) bond motifs is 1. The van der Waals surface area contributed by atoms with E-state index in [1.165, 1.54) is 31.5 Å². The molecular weight excluding hydrogens is 251 g/mol. The third kappa shape index (κ3) is 2.79. The van der Waals surface area contributed by atoms with E-state index in [-0.39, 0.29) is 12.1 Å². The fraction of sp³-hybridized carbons (Fsp3) is 0.231. The number of nitrogens with one attached hydrogen (secondary N) is 2. The third-order valence-corrected chi connectivity index (χ3v) is 2.69. The van der Waals surface area contributed by atoms with Crippen LogP contribution in [0.25, 0.3) is 10.9 Å². The predicted octanol–water partition coefficient (Wildman–Crippen LogP) is 1.25. The van der Waals surface area contributed by atoms with E-state index in [1.54, 1.807) is 0 Å². The van der Waals surface area contributed by atoms with Crippen molar-refractivity contribution in [3.8, 4) is 0 Å². The third-order valence-electron chi connectivity index (χ3n) is 2.69. The SMILES string of the molecule is COCCNC(=O)C(=O)c1c[nH]c2cc(F)ccc12. The average molecular weight is 264 g/mol. The smallest absolute Gasteiger partial charge is 0.292 e. The van der Waals surface area contributed by atoms with E-state index in [1.807, 2.05) is 0 Å². The maximum absolute atomic E-state index is 13.0. The molecule has 0 aliphatic heterocycles. The summed E-state index contributed by atoms with van der Waals surface area (Å²) in [6, 6.07) is 3.99. The first-order chi connectivity index (χ1) is 9.13. The topological polar surface area (TPSA) is 71.2 Å². The number of amides is 1. The molecule has 1 heterocycles. The highest BCUT2D eigenvalue weighted by Gasteiger charge is 2.19. The Balaban J connectivity index is 2.19. The minimum atomic E-state index is -0.706. The second kappa shape index (κ2) is 5.62. The number of H-pyrrole nitrogens is 1. The van der Waals surface area contributed by atoms with E-state index >= 15 is 0 Å². The Morgan fingerprint density at radius 2 is 2.21 bits per heavy atom. The minimum Gasteiger partial charge on any atom is -0.383 e. The van der Waals surface area contributed by atoms with Crippen molar-refractivity contribution >= 4 is 22.6 Å². The summed E-state index contributed by atoms with van der Waals surface area (Å²) in [4.78, 5) is 26.3. The number of benzene rings is 1. The summed E-state index contributed by atoms with van der Waals surface area (Å²) in [5.41, 5.74) is 0.706. The number of ether oxygens (including phenoxy) is 1. The molecule has 19 heavy (non-hydrogen) atoms. The Labute approximate surface area is 108 Å². The van der Waals surface area contributed by atoms with Crippen LogP contribution in [0.15, 0.2) is 24.4 Å². The standard InChI is InChI=1S/C13H13FN2O3/c1-19-5-4-15-13(18)12(17)10-7-16-11-6-8(14)2-3-9(10)11/h2-3,6-7,16H,4-5H2,1H3,(H,15,18). The van der Waals surface area contributed by atoms with Gasteiger partial charge in [0.2, 0.25) is 0 Å². The Morgan fingerprint density at radius 1 is 1.42 bits per heavy atom. The predicted molar refractivity (Wildman–Crippen MR) is 67.5 cm³/mol. The maximum Gasteiger partial charge on any atom is 0.292 e. The number of aromatic amines is 1. The van der Waals surface area contributed by atoms with Gasteiger partial charge < -0.3 is 15.0 Å². The molecule has 0 radical (unpaired) electrons. The first kappa shape index (κ1) is 13.2. The van der Waals surface area contributed by atoms with Gasteiger partial charge >= 0.3 is 0 Å². The number of hydrogen-bond acceptors (Lipinski definition) is 3. The molecule has 0 spiro atoms. The fourth-order valence-electron chi connectivity index (χ4n) is 1.76. The van der Waals surface area contributed by atoms with Crippen molar-refractivity contribution in [2.75, 3.05) is 20.3 Å². The number of carbonyl (C=O) groups is 2. The van der Waals surface area contributed by atoms with Gasteiger partial charge in [-0.15, -0.1) is 0 Å². The van der Waals surface area contributed by atoms with Gasteiger partial charge in [-0.2, -0.15) is 0 Å². The quantitative estimate of drug-likeness (QED) is 0.485. The van der Waals surface area contributed by atoms with E-state index < -0.39 is 17.5 Å². The van der Waals surface area contributed by atoms with Gasteiger partial charge in [0.15, 0.2) is 0 Å². The number of ketones is 1. The summed E-state index contributed by atoms with van der Waals surface area (Å²) in [5, 5.41) is 2.97. The number of halogens is 1. The molecule has 0 bridgehead atoms. The van der Waals surface area contributed by atoms with Crippen LogP contribution in [0, 0.1) is 5.82 Å². The van der Waals surface area contributed by atoms with Crippen molar-refractivity contribution < 1.29 is 18.7 Å². The summed E-state index contributed by atoms with van der Waals surface area (Å²) in [6.07, 6.45) is 1.41. The van der Waals surface area contributed by atoms with Gasteiger partial charge in [0.25, 0.3) is 11.7 Å². The van der Waals surface area contributed by atoms with Gasteiger partial charge in [-0.1, -0.05) is 0 Å². The van der Waals surface area contributed by atoms with Crippen molar-refractivity contribution in [3.05, 3.63) is 35.8 Å². The van der Waals surface area contributed by atoms with E-state index in [2.05, 4.69) is 10.3 Å². The molecule has 5 nitrogen and oxygen atoms in total. The number of aromatic nitrogens is 1. The zero-order valence-corrected chi connectivity index (χ0v) is 10.3. The molecule has 2 rings (SSSR count). The van der Waals surface area contributed by atoms with Crippen LogP contribution < -0.4 is 5.32 Å². The van der Waals surface area contributed by atoms with Crippen molar-refractivity contribution in [2.24, 2.45) is 0 Å². The van der Waals surface area contributed by atoms with E-state index in [0.717, 1.165) is 0 Å². The minimum absolute atomic E-state index is 0.227. The highest BCUT2D eigenvalue weighted by atomic mass is 19.1. The highest BCUT2D eigenvalue weighted by Crippen LogP contribution is 2.19. The molecule has 2 aromatic rings. The molecule has 0 saturated heterocycles. The van der Waals surface area contributed by atoms with Crippen LogP contribution >= 0.6 is 0 Å². The molecule has 0 aliphatic rings. The molecular formula is C13H13FN2O3. The lowest BCUT2D eigenvalue weighted by Crippen LogP contribution is -2.33. The van der Waals surface area contributed by atoms with Crippen LogP contribution in [0.3, 0.4) is 0 Å². The Hall–Kier alpha value is -2.21. The summed E-state index contributed by atoms with van der Waals surface area (Å²) in [5.74, 6) is -1.77. The van der Waals surface area contributed by atoms with Gasteiger partial charge in [0.1, 0.15) is 5.82 Å². The second-order valence-corrected chi connectivity index (χ2v) is 3.97. The van der Waals surface area contributed by atoms with Crippen LogP contribution in [0.1, 0.15) is 10.4 Å². The van der Waals surface area contributed by atoms with Crippen LogP contribution in [-0.4, -0.2) is 36.9 Å². The lowest BCUT2D eigenvalue weighted by molar-refractivity contribution is -0.117. The van der Waals surface area contributed by atoms with Crippen LogP contribution in [0.2, 0.25) is 0 Å². The normalized spacial score (nSPS) is 10.6. The molecule has 0 unspecified atom stereocenters. The van der Waals surface area contributed by atoms with Gasteiger partial charge in [-0.05, 0) is 18.2 Å². The zero-order valence-electron chi connectivity index (χ0n) is 10.3. The monoisotopic (exact) mass is 264 g/mol. The van der Waals surface area contributed by atoms with Gasteiger partial charge in [-0.3, -0.25) is 9.59 Å². The second-order valence-electron chi connectivity index (χ2n) is 3.97. The number of rotatable bonds is 5. The number of hydrogen-bond donors (Lipinski definition) is 2. The first-order valence-electron chi connectivity index (χ1n) is 5.71. The Morgan fingerprint density at radius 3 is 2.95 bits per heavy atom. The molecule has 0 fully saturated rings. The maximum atomic E-state index is 13.0. The first-order valence-corrected chi connectivity index (χ1v) is 5.71. The van der Waals surface area contributed by atoms with E-state index in [0.29, 0.717) is 17.5 Å². The largest absolute Gasteiger partial charge is 0.383 e. The molecule has 2 N–H and O–H groups in total. The lowest BCUT2D eigenvalue weighted by Gasteiger charge is -2.02. The van der Waals surface area contributed by atoms with Gasteiger partial charge in [0, 0.05) is 30.8 Å². The van der Waals surface area contributed by atoms with Crippen LogP contribution in [0.5, 0.6) is 0 Å². The summed E-state index contributed by atoms with van der Waals surface area (Å²) < 4.78 is 17.8. The molecule has 1 aromatic carbocycles. The molecule has 6 heteroatoms. The van der Waals surface area contributed by atoms with Crippen molar-refractivity contribution in [1.82, 2.24) is 10.3 Å². The van der Waals surface area contributed by atoms with Crippen molar-refractivity contribution in [2.45, 2.75) is 0 Å².